The van der Waals surface area contributed by atoms with Gasteiger partial charge in [-0.3, -0.25) is 9.59 Å². The van der Waals surface area contributed by atoms with Gasteiger partial charge in [0.1, 0.15) is 11.9 Å². The lowest BCUT2D eigenvalue weighted by Gasteiger charge is -2.14. The number of halogens is 4. The summed E-state index contributed by atoms with van der Waals surface area (Å²) in [6, 6.07) is 5.68. The fourth-order valence-electron chi connectivity index (χ4n) is 2.03. The third-order valence-electron chi connectivity index (χ3n) is 3.44. The standard InChI is InChI=1S/C17H14Cl3FN2O5S/c1-9(23-29(26,27)11-3-4-12(18)13(19)7-11)17(25)28-8-16(24)22-15-5-2-10(21)6-14(15)20/h2-7,9,23H,8H2,1H3,(H,22,24)/t9-/m0/s1. The molecule has 1 amide bonds. The van der Waals surface area contributed by atoms with Crippen LogP contribution in [0.15, 0.2) is 41.3 Å². The molecule has 0 aliphatic heterocycles. The van der Waals surface area contributed by atoms with Crippen LogP contribution < -0.4 is 10.0 Å². The second kappa shape index (κ2) is 9.73. The maximum Gasteiger partial charge on any atom is 0.324 e. The second-order valence-electron chi connectivity index (χ2n) is 5.70. The van der Waals surface area contributed by atoms with E-state index in [1.54, 1.807) is 0 Å². The minimum absolute atomic E-state index is 0.0286. The number of benzene rings is 2. The number of hydrogen-bond acceptors (Lipinski definition) is 5. The Hall–Kier alpha value is -1.91. The summed E-state index contributed by atoms with van der Waals surface area (Å²) in [4.78, 5) is 23.6. The van der Waals surface area contributed by atoms with Crippen molar-refractivity contribution in [2.45, 2.75) is 17.9 Å². The summed E-state index contributed by atoms with van der Waals surface area (Å²) < 4.78 is 44.5. The fourth-order valence-corrected chi connectivity index (χ4v) is 3.83. The van der Waals surface area contributed by atoms with Gasteiger partial charge in [-0.1, -0.05) is 34.8 Å². The van der Waals surface area contributed by atoms with Gasteiger partial charge >= 0.3 is 5.97 Å². The molecule has 0 aromatic heterocycles. The van der Waals surface area contributed by atoms with E-state index in [9.17, 15) is 22.4 Å². The first-order chi connectivity index (χ1) is 13.5. The Kier molecular flexibility index (Phi) is 7.84. The van der Waals surface area contributed by atoms with Gasteiger partial charge in [-0.2, -0.15) is 4.72 Å². The lowest BCUT2D eigenvalue weighted by atomic mass is 10.3. The van der Waals surface area contributed by atoms with Gasteiger partial charge in [0.25, 0.3) is 5.91 Å². The molecular formula is C17H14Cl3FN2O5S. The van der Waals surface area contributed by atoms with E-state index in [-0.39, 0.29) is 25.7 Å². The van der Waals surface area contributed by atoms with E-state index in [1.165, 1.54) is 25.1 Å². The zero-order chi connectivity index (χ0) is 21.8. The molecule has 0 saturated carbocycles. The molecular weight excluding hydrogens is 470 g/mol. The minimum atomic E-state index is -4.09. The SMILES string of the molecule is C[C@H](NS(=O)(=O)c1ccc(Cl)c(Cl)c1)C(=O)OCC(=O)Nc1ccc(F)cc1Cl. The van der Waals surface area contributed by atoms with Crippen LogP contribution in [-0.2, 0) is 24.3 Å². The topological polar surface area (TPSA) is 102 Å². The number of amides is 1. The largest absolute Gasteiger partial charge is 0.454 e. The molecule has 0 aliphatic carbocycles. The Morgan fingerprint density at radius 2 is 1.76 bits per heavy atom. The van der Waals surface area contributed by atoms with E-state index in [1.807, 2.05) is 0 Å². The van der Waals surface area contributed by atoms with Crippen molar-refractivity contribution in [2.75, 3.05) is 11.9 Å². The molecule has 0 radical (unpaired) electrons. The third-order valence-corrected chi connectivity index (χ3v) is 6.03. The van der Waals surface area contributed by atoms with E-state index in [4.69, 9.17) is 39.5 Å². The van der Waals surface area contributed by atoms with E-state index < -0.39 is 40.4 Å². The Morgan fingerprint density at radius 1 is 1.07 bits per heavy atom. The molecule has 0 saturated heterocycles. The van der Waals surface area contributed by atoms with Crippen LogP contribution in [0.4, 0.5) is 10.1 Å². The minimum Gasteiger partial charge on any atom is -0.454 e. The van der Waals surface area contributed by atoms with Crippen molar-refractivity contribution >= 4 is 62.4 Å². The first kappa shape index (κ1) is 23.4. The van der Waals surface area contributed by atoms with Crippen LogP contribution in [0.5, 0.6) is 0 Å². The van der Waals surface area contributed by atoms with Crippen molar-refractivity contribution in [3.63, 3.8) is 0 Å². The molecule has 29 heavy (non-hydrogen) atoms. The lowest BCUT2D eigenvalue weighted by Crippen LogP contribution is -2.40. The van der Waals surface area contributed by atoms with Gasteiger partial charge in [0.05, 0.1) is 25.7 Å². The van der Waals surface area contributed by atoms with Gasteiger partial charge in [-0.05, 0) is 43.3 Å². The highest BCUT2D eigenvalue weighted by Gasteiger charge is 2.24. The predicted molar refractivity (Wildman–Crippen MR) is 107 cm³/mol. The summed E-state index contributed by atoms with van der Waals surface area (Å²) >= 11 is 17.3. The number of rotatable bonds is 7. The molecule has 7 nitrogen and oxygen atoms in total. The number of anilines is 1. The van der Waals surface area contributed by atoms with Gasteiger partial charge in [0.15, 0.2) is 6.61 Å². The van der Waals surface area contributed by atoms with Crippen molar-refractivity contribution in [1.29, 1.82) is 0 Å². The summed E-state index contributed by atoms with van der Waals surface area (Å²) in [5.74, 6) is -2.32. The highest BCUT2D eigenvalue weighted by molar-refractivity contribution is 7.89. The third kappa shape index (κ3) is 6.55. The Morgan fingerprint density at radius 3 is 2.38 bits per heavy atom. The molecule has 0 aliphatic rings. The normalized spacial score (nSPS) is 12.3. The van der Waals surface area contributed by atoms with E-state index in [0.717, 1.165) is 18.2 Å². The van der Waals surface area contributed by atoms with Crippen LogP contribution in [0.1, 0.15) is 6.92 Å². The molecule has 12 heteroatoms. The van der Waals surface area contributed by atoms with Crippen molar-refractivity contribution in [2.24, 2.45) is 0 Å². The fraction of sp³-hybridized carbons (Fsp3) is 0.176. The van der Waals surface area contributed by atoms with Gasteiger partial charge in [-0.25, -0.2) is 12.8 Å². The molecule has 0 heterocycles. The lowest BCUT2D eigenvalue weighted by molar-refractivity contribution is -0.148. The van der Waals surface area contributed by atoms with Crippen molar-refractivity contribution in [3.8, 4) is 0 Å². The number of carbonyl (C=O) groups excluding carboxylic acids is 2. The molecule has 0 spiro atoms. The number of sulfonamides is 1. The summed E-state index contributed by atoms with van der Waals surface area (Å²) in [5.41, 5.74) is 0.127. The zero-order valence-electron chi connectivity index (χ0n) is 14.7. The summed E-state index contributed by atoms with van der Waals surface area (Å²) in [6.07, 6.45) is 0. The molecule has 0 fully saturated rings. The van der Waals surface area contributed by atoms with Crippen LogP contribution in [0, 0.1) is 5.82 Å². The van der Waals surface area contributed by atoms with Crippen LogP contribution in [-0.4, -0.2) is 32.9 Å². The Balaban J connectivity index is 1.92. The summed E-state index contributed by atoms with van der Waals surface area (Å²) in [7, 11) is -4.09. The van der Waals surface area contributed by atoms with Crippen molar-refractivity contribution < 1.29 is 27.1 Å². The molecule has 1 atom stereocenters. The maximum absolute atomic E-state index is 13.0. The number of ether oxygens (including phenoxy) is 1. The van der Waals surface area contributed by atoms with E-state index in [2.05, 4.69) is 10.0 Å². The average Bonchev–Trinajstić information content (AvgIpc) is 2.63. The number of nitrogens with one attached hydrogen (secondary N) is 2. The maximum atomic E-state index is 13.0. The molecule has 0 unspecified atom stereocenters. The van der Waals surface area contributed by atoms with Crippen LogP contribution in [0.2, 0.25) is 15.1 Å². The number of esters is 1. The van der Waals surface area contributed by atoms with Gasteiger partial charge in [0, 0.05) is 0 Å². The van der Waals surface area contributed by atoms with E-state index >= 15 is 0 Å². The van der Waals surface area contributed by atoms with Crippen molar-refractivity contribution in [1.82, 2.24) is 4.72 Å². The second-order valence-corrected chi connectivity index (χ2v) is 8.63. The first-order valence-electron chi connectivity index (χ1n) is 7.88. The molecule has 2 aromatic carbocycles. The monoisotopic (exact) mass is 482 g/mol. The van der Waals surface area contributed by atoms with Crippen LogP contribution in [0.3, 0.4) is 0 Å². The van der Waals surface area contributed by atoms with Crippen LogP contribution >= 0.6 is 34.8 Å². The van der Waals surface area contributed by atoms with Crippen LogP contribution in [0.25, 0.3) is 0 Å². The predicted octanol–water partition coefficient (Wildman–Crippen LogP) is 3.63. The quantitative estimate of drug-likeness (QED) is 0.586. The zero-order valence-corrected chi connectivity index (χ0v) is 17.8. The highest BCUT2D eigenvalue weighted by Crippen LogP contribution is 2.25. The average molecular weight is 484 g/mol. The number of carbonyl (C=O) groups is 2. The highest BCUT2D eigenvalue weighted by atomic mass is 35.5. The summed E-state index contributed by atoms with van der Waals surface area (Å²) in [5, 5.41) is 2.50. The molecule has 2 N–H and O–H groups in total. The van der Waals surface area contributed by atoms with Gasteiger partial charge < -0.3 is 10.1 Å². The molecule has 2 rings (SSSR count). The van der Waals surface area contributed by atoms with E-state index in [0.29, 0.717) is 0 Å². The summed E-state index contributed by atoms with van der Waals surface area (Å²) in [6.45, 7) is 0.539. The number of hydrogen-bond donors (Lipinski definition) is 2. The van der Waals surface area contributed by atoms with Crippen molar-refractivity contribution in [3.05, 3.63) is 57.3 Å². The van der Waals surface area contributed by atoms with Gasteiger partial charge in [-0.15, -0.1) is 0 Å². The Labute approximate surface area is 181 Å². The first-order valence-corrected chi connectivity index (χ1v) is 10.5. The smallest absolute Gasteiger partial charge is 0.324 e. The molecule has 0 bridgehead atoms. The Bertz CT molecular complexity index is 1050. The molecule has 156 valence electrons. The molecule has 2 aromatic rings. The van der Waals surface area contributed by atoms with Gasteiger partial charge in [0.2, 0.25) is 10.0 Å².